The van der Waals surface area contributed by atoms with E-state index in [9.17, 15) is 0 Å². The van der Waals surface area contributed by atoms with Crippen molar-refractivity contribution in [2.75, 3.05) is 18.0 Å². The zero-order valence-corrected chi connectivity index (χ0v) is 18.2. The fraction of sp³-hybridized carbons (Fsp3) is 0.524. The van der Waals surface area contributed by atoms with Crippen LogP contribution in [0, 0.1) is 12.8 Å². The second kappa shape index (κ2) is 8.98. The van der Waals surface area contributed by atoms with Gasteiger partial charge in [-0.15, -0.1) is 10.2 Å². The smallest absolute Gasteiger partial charge is 0.232 e. The number of hydrogen-bond donors (Lipinski definition) is 0. The van der Waals surface area contributed by atoms with Crippen molar-refractivity contribution in [2.24, 2.45) is 5.92 Å². The number of piperidine rings is 1. The normalized spacial score (nSPS) is 14.7. The molecule has 0 aliphatic carbocycles. The molecule has 29 heavy (non-hydrogen) atoms. The Morgan fingerprint density at radius 3 is 2.55 bits per heavy atom. The fourth-order valence-electron chi connectivity index (χ4n) is 3.48. The van der Waals surface area contributed by atoms with Crippen molar-refractivity contribution in [3.63, 3.8) is 0 Å². The van der Waals surface area contributed by atoms with Crippen LogP contribution in [0.15, 0.2) is 33.9 Å². The van der Waals surface area contributed by atoms with Crippen LogP contribution in [0.2, 0.25) is 0 Å². The van der Waals surface area contributed by atoms with Gasteiger partial charge in [0.2, 0.25) is 11.8 Å². The van der Waals surface area contributed by atoms with E-state index in [-0.39, 0.29) is 0 Å². The molecule has 0 unspecified atom stereocenters. The maximum absolute atomic E-state index is 5.37. The van der Waals surface area contributed by atoms with Crippen LogP contribution in [0.5, 0.6) is 0 Å². The van der Waals surface area contributed by atoms with Crippen LogP contribution in [0.4, 0.5) is 5.95 Å². The third kappa shape index (κ3) is 4.80. The largest absolute Gasteiger partial charge is 0.341 e. The maximum atomic E-state index is 5.37. The SMILES string of the molecule is Cc1ccc(-n2c(SCc3noc(CC(C)C)n3)nnc2N2CCCCC2)cc1. The zero-order valence-electron chi connectivity index (χ0n) is 17.3. The quantitative estimate of drug-likeness (QED) is 0.531. The molecule has 0 saturated carbocycles. The highest BCUT2D eigenvalue weighted by Gasteiger charge is 2.22. The topological polar surface area (TPSA) is 72.9 Å². The molecule has 1 saturated heterocycles. The molecule has 8 heteroatoms. The molecule has 4 rings (SSSR count). The van der Waals surface area contributed by atoms with Crippen LogP contribution < -0.4 is 4.90 Å². The molecule has 3 aromatic rings. The first-order valence-electron chi connectivity index (χ1n) is 10.3. The standard InChI is InChI=1S/C21H28N6OS/c1-15(2)13-19-22-18(25-28-19)14-29-21-24-23-20(26-11-5-4-6-12-26)27(21)17-9-7-16(3)8-10-17/h7-10,15H,4-6,11-14H2,1-3H3. The third-order valence-electron chi connectivity index (χ3n) is 4.97. The van der Waals surface area contributed by atoms with E-state index in [2.05, 4.69) is 74.8 Å². The predicted molar refractivity (Wildman–Crippen MR) is 115 cm³/mol. The Balaban J connectivity index is 1.58. The lowest BCUT2D eigenvalue weighted by Gasteiger charge is -2.27. The van der Waals surface area contributed by atoms with E-state index in [1.54, 1.807) is 11.8 Å². The molecular weight excluding hydrogens is 384 g/mol. The zero-order chi connectivity index (χ0) is 20.2. The number of hydrogen-bond acceptors (Lipinski definition) is 7. The average molecular weight is 413 g/mol. The lowest BCUT2D eigenvalue weighted by Crippen LogP contribution is -2.31. The fourth-order valence-corrected chi connectivity index (χ4v) is 4.27. The molecule has 1 fully saturated rings. The highest BCUT2D eigenvalue weighted by molar-refractivity contribution is 7.98. The van der Waals surface area contributed by atoms with E-state index in [4.69, 9.17) is 4.52 Å². The monoisotopic (exact) mass is 412 g/mol. The molecule has 0 N–H and O–H groups in total. The van der Waals surface area contributed by atoms with E-state index in [0.717, 1.165) is 36.3 Å². The summed E-state index contributed by atoms with van der Waals surface area (Å²) in [5.41, 5.74) is 2.32. The summed E-state index contributed by atoms with van der Waals surface area (Å²) in [6.45, 7) is 8.44. The average Bonchev–Trinajstić information content (AvgIpc) is 3.34. The summed E-state index contributed by atoms with van der Waals surface area (Å²) in [5, 5.41) is 14.0. The molecule has 0 atom stereocenters. The van der Waals surface area contributed by atoms with Gasteiger partial charge in [0.15, 0.2) is 11.0 Å². The number of rotatable bonds is 7. The van der Waals surface area contributed by atoms with Gasteiger partial charge in [-0.05, 0) is 44.2 Å². The Labute approximate surface area is 175 Å². The van der Waals surface area contributed by atoms with Crippen molar-refractivity contribution in [3.05, 3.63) is 41.5 Å². The van der Waals surface area contributed by atoms with Gasteiger partial charge in [0.05, 0.1) is 11.4 Å². The van der Waals surface area contributed by atoms with E-state index in [1.807, 2.05) is 0 Å². The predicted octanol–water partition coefficient (Wildman–Crippen LogP) is 4.44. The van der Waals surface area contributed by atoms with Crippen LogP contribution in [-0.4, -0.2) is 38.0 Å². The van der Waals surface area contributed by atoms with Crippen molar-refractivity contribution in [3.8, 4) is 5.69 Å². The van der Waals surface area contributed by atoms with Crippen molar-refractivity contribution in [2.45, 2.75) is 57.4 Å². The van der Waals surface area contributed by atoms with E-state index >= 15 is 0 Å². The van der Waals surface area contributed by atoms with Crippen molar-refractivity contribution in [1.29, 1.82) is 0 Å². The Kier molecular flexibility index (Phi) is 6.18. The van der Waals surface area contributed by atoms with Gasteiger partial charge in [-0.3, -0.25) is 4.57 Å². The minimum absolute atomic E-state index is 0.493. The van der Waals surface area contributed by atoms with Gasteiger partial charge in [0, 0.05) is 19.5 Å². The number of aryl methyl sites for hydroxylation is 1. The molecule has 0 amide bonds. The number of thioether (sulfide) groups is 1. The highest BCUT2D eigenvalue weighted by Crippen LogP contribution is 2.29. The summed E-state index contributed by atoms with van der Waals surface area (Å²) >= 11 is 1.59. The second-order valence-electron chi connectivity index (χ2n) is 7.99. The summed E-state index contributed by atoms with van der Waals surface area (Å²) in [6.07, 6.45) is 4.49. The summed E-state index contributed by atoms with van der Waals surface area (Å²) in [6, 6.07) is 8.51. The first-order valence-corrected chi connectivity index (χ1v) is 11.3. The molecular formula is C21H28N6OS. The first-order chi connectivity index (χ1) is 14.1. The molecule has 0 spiro atoms. The molecule has 154 valence electrons. The van der Waals surface area contributed by atoms with Crippen molar-refractivity contribution in [1.82, 2.24) is 24.9 Å². The molecule has 0 radical (unpaired) electrons. The Morgan fingerprint density at radius 2 is 1.83 bits per heavy atom. The lowest BCUT2D eigenvalue weighted by atomic mass is 10.1. The van der Waals surface area contributed by atoms with Gasteiger partial charge in [-0.25, -0.2) is 0 Å². The molecule has 0 bridgehead atoms. The van der Waals surface area contributed by atoms with Crippen LogP contribution in [0.1, 0.15) is 50.4 Å². The lowest BCUT2D eigenvalue weighted by molar-refractivity contribution is 0.360. The second-order valence-corrected chi connectivity index (χ2v) is 8.93. The van der Waals surface area contributed by atoms with Gasteiger partial charge in [0.25, 0.3) is 0 Å². The summed E-state index contributed by atoms with van der Waals surface area (Å²) in [4.78, 5) is 6.85. The molecule has 7 nitrogen and oxygen atoms in total. The minimum atomic E-state index is 0.493. The van der Waals surface area contributed by atoms with Crippen LogP contribution >= 0.6 is 11.8 Å². The number of benzene rings is 1. The molecule has 1 aliphatic rings. The van der Waals surface area contributed by atoms with Gasteiger partial charge in [-0.2, -0.15) is 4.98 Å². The maximum Gasteiger partial charge on any atom is 0.232 e. The van der Waals surface area contributed by atoms with Gasteiger partial charge in [-0.1, -0.05) is 48.5 Å². The molecule has 3 heterocycles. The minimum Gasteiger partial charge on any atom is -0.341 e. The third-order valence-corrected chi connectivity index (χ3v) is 5.90. The Morgan fingerprint density at radius 1 is 1.07 bits per heavy atom. The molecule has 1 aliphatic heterocycles. The van der Waals surface area contributed by atoms with Crippen LogP contribution in [0.25, 0.3) is 5.69 Å². The van der Waals surface area contributed by atoms with Crippen LogP contribution in [-0.2, 0) is 12.2 Å². The van der Waals surface area contributed by atoms with Gasteiger partial charge in [0.1, 0.15) is 0 Å². The summed E-state index contributed by atoms with van der Waals surface area (Å²) < 4.78 is 7.52. The number of anilines is 1. The van der Waals surface area contributed by atoms with E-state index < -0.39 is 0 Å². The summed E-state index contributed by atoms with van der Waals surface area (Å²) in [5.74, 6) is 3.41. The number of aromatic nitrogens is 5. The summed E-state index contributed by atoms with van der Waals surface area (Å²) in [7, 11) is 0. The van der Waals surface area contributed by atoms with E-state index in [1.165, 1.54) is 24.8 Å². The Bertz CT molecular complexity index is 927. The Hall–Kier alpha value is -2.35. The number of nitrogens with zero attached hydrogens (tertiary/aromatic N) is 6. The van der Waals surface area contributed by atoms with Crippen molar-refractivity contribution < 1.29 is 4.52 Å². The first kappa shape index (κ1) is 19.9. The highest BCUT2D eigenvalue weighted by atomic mass is 32.2. The molecule has 1 aromatic carbocycles. The molecule has 2 aromatic heterocycles. The van der Waals surface area contributed by atoms with Crippen molar-refractivity contribution >= 4 is 17.7 Å². The van der Waals surface area contributed by atoms with E-state index in [0.29, 0.717) is 23.4 Å². The van der Waals surface area contributed by atoms with Gasteiger partial charge < -0.3 is 9.42 Å². The van der Waals surface area contributed by atoms with Gasteiger partial charge >= 0.3 is 0 Å². The van der Waals surface area contributed by atoms with Crippen LogP contribution in [0.3, 0.4) is 0 Å².